The molecule has 0 aliphatic rings. The van der Waals surface area contributed by atoms with Gasteiger partial charge in [-0.15, -0.1) is 0 Å². The zero-order valence-corrected chi connectivity index (χ0v) is 17.2. The maximum absolute atomic E-state index is 11.2. The first kappa shape index (κ1) is 22.7. The van der Waals surface area contributed by atoms with Crippen LogP contribution in [-0.4, -0.2) is 37.4 Å². The molecule has 0 saturated carbocycles. The molecule has 2 atom stereocenters. The molecule has 6 nitrogen and oxygen atoms in total. The van der Waals surface area contributed by atoms with E-state index in [1.165, 1.54) is 0 Å². The Morgan fingerprint density at radius 3 is 1.37 bits per heavy atom. The van der Waals surface area contributed by atoms with Crippen molar-refractivity contribution >= 4 is 11.9 Å². The summed E-state index contributed by atoms with van der Waals surface area (Å²) in [4.78, 5) is 22.3. The predicted octanol–water partition coefficient (Wildman–Crippen LogP) is 4.35. The van der Waals surface area contributed by atoms with Crippen molar-refractivity contribution in [3.8, 4) is 22.6 Å². The number of ether oxygens (including phenoxy) is 4. The lowest BCUT2D eigenvalue weighted by molar-refractivity contribution is -0.144. The van der Waals surface area contributed by atoms with Gasteiger partial charge in [0.2, 0.25) is 0 Å². The van der Waals surface area contributed by atoms with Crippen LogP contribution in [0.1, 0.15) is 13.8 Å². The lowest BCUT2D eigenvalue weighted by Gasteiger charge is -2.14. The average molecular weight is 410 g/mol. The van der Waals surface area contributed by atoms with Crippen LogP contribution in [-0.2, 0) is 19.1 Å². The molecule has 0 spiro atoms. The van der Waals surface area contributed by atoms with Crippen molar-refractivity contribution < 1.29 is 28.5 Å². The highest BCUT2D eigenvalue weighted by Crippen LogP contribution is 2.25. The van der Waals surface area contributed by atoms with Gasteiger partial charge >= 0.3 is 11.9 Å². The Bertz CT molecular complexity index is 781. The van der Waals surface area contributed by atoms with E-state index in [9.17, 15) is 9.59 Å². The highest BCUT2D eigenvalue weighted by atomic mass is 16.6. The second kappa shape index (κ2) is 11.5. The fraction of sp³-hybridized carbons (Fsp3) is 0.250. The lowest BCUT2D eigenvalue weighted by Crippen LogP contribution is -2.20. The third kappa shape index (κ3) is 7.47. The van der Waals surface area contributed by atoms with Gasteiger partial charge in [0.05, 0.1) is 0 Å². The zero-order chi connectivity index (χ0) is 21.9. The molecule has 158 valence electrons. The summed E-state index contributed by atoms with van der Waals surface area (Å²) in [6.45, 7) is 10.7. The molecule has 0 amide bonds. The number of benzene rings is 2. The van der Waals surface area contributed by atoms with Crippen molar-refractivity contribution in [3.63, 3.8) is 0 Å². The number of hydrogen-bond donors (Lipinski definition) is 0. The van der Waals surface area contributed by atoms with Crippen LogP contribution in [0, 0.1) is 0 Å². The maximum Gasteiger partial charge on any atom is 0.330 e. The summed E-state index contributed by atoms with van der Waals surface area (Å²) in [6, 6.07) is 15.2. The summed E-state index contributed by atoms with van der Waals surface area (Å²) in [7, 11) is 0. The molecule has 0 heterocycles. The number of esters is 2. The standard InChI is InChI=1S/C24H26O6/c1-5-23(25)29-17(3)15-27-21-11-7-19(8-12-21)20-9-13-22(14-10-20)28-16-18(4)30-24(26)6-2/h5-14,17-18H,1-2,15-16H2,3-4H3. The predicted molar refractivity (Wildman–Crippen MR) is 114 cm³/mol. The van der Waals surface area contributed by atoms with Crippen molar-refractivity contribution in [1.82, 2.24) is 0 Å². The average Bonchev–Trinajstić information content (AvgIpc) is 2.76. The molecular weight excluding hydrogens is 384 g/mol. The Balaban J connectivity index is 1.86. The van der Waals surface area contributed by atoms with Crippen LogP contribution in [0.5, 0.6) is 11.5 Å². The van der Waals surface area contributed by atoms with Gasteiger partial charge in [0, 0.05) is 12.2 Å². The zero-order valence-electron chi connectivity index (χ0n) is 17.2. The molecule has 6 heteroatoms. The first-order chi connectivity index (χ1) is 14.4. The van der Waals surface area contributed by atoms with Crippen LogP contribution >= 0.6 is 0 Å². The van der Waals surface area contributed by atoms with Gasteiger partial charge in [-0.25, -0.2) is 9.59 Å². The fourth-order valence-electron chi connectivity index (χ4n) is 2.48. The van der Waals surface area contributed by atoms with E-state index in [0.29, 0.717) is 11.5 Å². The van der Waals surface area contributed by atoms with Gasteiger partial charge < -0.3 is 18.9 Å². The summed E-state index contributed by atoms with van der Waals surface area (Å²) >= 11 is 0. The van der Waals surface area contributed by atoms with Crippen LogP contribution in [0.15, 0.2) is 73.8 Å². The van der Waals surface area contributed by atoms with Crippen LogP contribution < -0.4 is 9.47 Å². The SMILES string of the molecule is C=CC(=O)OC(C)COc1ccc(-c2ccc(OCC(C)OC(=O)C=C)cc2)cc1. The number of carbonyl (C=O) groups is 2. The second-order valence-electron chi connectivity index (χ2n) is 6.57. The summed E-state index contributed by atoms with van der Waals surface area (Å²) in [5.41, 5.74) is 2.04. The monoisotopic (exact) mass is 410 g/mol. The molecule has 0 aliphatic carbocycles. The van der Waals surface area contributed by atoms with Crippen LogP contribution in [0.25, 0.3) is 11.1 Å². The van der Waals surface area contributed by atoms with E-state index in [1.807, 2.05) is 48.5 Å². The maximum atomic E-state index is 11.2. The minimum absolute atomic E-state index is 0.255. The summed E-state index contributed by atoms with van der Waals surface area (Å²) in [5.74, 6) is 0.425. The van der Waals surface area contributed by atoms with Crippen LogP contribution in [0.3, 0.4) is 0 Å². The van der Waals surface area contributed by atoms with Gasteiger partial charge in [-0.1, -0.05) is 37.4 Å². The van der Waals surface area contributed by atoms with Gasteiger partial charge in [0.15, 0.2) is 0 Å². The Hall–Kier alpha value is -3.54. The molecule has 2 aromatic carbocycles. The van der Waals surface area contributed by atoms with E-state index in [2.05, 4.69) is 13.2 Å². The first-order valence-corrected chi connectivity index (χ1v) is 9.53. The number of hydrogen-bond acceptors (Lipinski definition) is 6. The molecule has 30 heavy (non-hydrogen) atoms. The largest absolute Gasteiger partial charge is 0.490 e. The van der Waals surface area contributed by atoms with E-state index in [-0.39, 0.29) is 25.4 Å². The van der Waals surface area contributed by atoms with Gasteiger partial charge in [0.1, 0.15) is 36.9 Å². The molecule has 0 N–H and O–H groups in total. The second-order valence-corrected chi connectivity index (χ2v) is 6.57. The Kier molecular flexibility index (Phi) is 8.69. The van der Waals surface area contributed by atoms with E-state index in [0.717, 1.165) is 23.3 Å². The molecule has 2 rings (SSSR count). The lowest BCUT2D eigenvalue weighted by atomic mass is 10.1. The first-order valence-electron chi connectivity index (χ1n) is 9.53. The van der Waals surface area contributed by atoms with E-state index in [1.54, 1.807) is 13.8 Å². The Labute approximate surface area is 176 Å². The Morgan fingerprint density at radius 2 is 1.07 bits per heavy atom. The van der Waals surface area contributed by atoms with Gasteiger partial charge in [0.25, 0.3) is 0 Å². The third-order valence-corrected chi connectivity index (χ3v) is 3.98. The number of carbonyl (C=O) groups excluding carboxylic acids is 2. The minimum Gasteiger partial charge on any atom is -0.490 e. The third-order valence-electron chi connectivity index (χ3n) is 3.98. The Morgan fingerprint density at radius 1 is 0.733 bits per heavy atom. The van der Waals surface area contributed by atoms with E-state index in [4.69, 9.17) is 18.9 Å². The van der Waals surface area contributed by atoms with Gasteiger partial charge in [-0.05, 0) is 49.2 Å². The molecule has 0 bridgehead atoms. The smallest absolute Gasteiger partial charge is 0.330 e. The molecule has 0 saturated heterocycles. The minimum atomic E-state index is -0.471. The number of rotatable bonds is 11. The molecular formula is C24H26O6. The quantitative estimate of drug-likeness (QED) is 0.405. The highest BCUT2D eigenvalue weighted by Gasteiger charge is 2.09. The van der Waals surface area contributed by atoms with Crippen LogP contribution in [0.2, 0.25) is 0 Å². The van der Waals surface area contributed by atoms with Crippen LogP contribution in [0.4, 0.5) is 0 Å². The topological polar surface area (TPSA) is 71.1 Å². The van der Waals surface area contributed by atoms with E-state index < -0.39 is 11.9 Å². The molecule has 0 fully saturated rings. The van der Waals surface area contributed by atoms with Crippen molar-refractivity contribution in [2.45, 2.75) is 26.1 Å². The molecule has 2 unspecified atom stereocenters. The summed E-state index contributed by atoms with van der Waals surface area (Å²) in [5, 5.41) is 0. The molecule has 0 radical (unpaired) electrons. The summed E-state index contributed by atoms with van der Waals surface area (Å²) in [6.07, 6.45) is 1.51. The highest BCUT2D eigenvalue weighted by molar-refractivity contribution is 5.81. The van der Waals surface area contributed by atoms with Crippen molar-refractivity contribution in [1.29, 1.82) is 0 Å². The molecule has 0 aliphatic heterocycles. The van der Waals surface area contributed by atoms with Gasteiger partial charge in [-0.3, -0.25) is 0 Å². The van der Waals surface area contributed by atoms with E-state index >= 15 is 0 Å². The van der Waals surface area contributed by atoms with Crippen molar-refractivity contribution in [2.24, 2.45) is 0 Å². The fourth-order valence-corrected chi connectivity index (χ4v) is 2.48. The summed E-state index contributed by atoms with van der Waals surface area (Å²) < 4.78 is 21.4. The van der Waals surface area contributed by atoms with Gasteiger partial charge in [-0.2, -0.15) is 0 Å². The normalized spacial score (nSPS) is 12.2. The molecule has 2 aromatic rings. The van der Waals surface area contributed by atoms with Crippen molar-refractivity contribution in [2.75, 3.05) is 13.2 Å². The molecule has 0 aromatic heterocycles. The van der Waals surface area contributed by atoms with Crippen molar-refractivity contribution in [3.05, 3.63) is 73.8 Å².